The molecule has 3 aromatic rings. The Balaban J connectivity index is 1.50. The van der Waals surface area contributed by atoms with Crippen LogP contribution in [0.1, 0.15) is 49.1 Å². The molecule has 2 aliphatic rings. The summed E-state index contributed by atoms with van der Waals surface area (Å²) in [5.41, 5.74) is 5.11. The Morgan fingerprint density at radius 1 is 0.968 bits per heavy atom. The number of carbonyl (C=O) groups excluding carboxylic acids is 1. The van der Waals surface area contributed by atoms with Crippen LogP contribution >= 0.6 is 11.3 Å². The van der Waals surface area contributed by atoms with Gasteiger partial charge in [0.1, 0.15) is 5.75 Å². The van der Waals surface area contributed by atoms with E-state index >= 15 is 0 Å². The molecule has 0 bridgehead atoms. The number of ether oxygens (including phenoxy) is 1. The molecule has 5 heteroatoms. The number of ketones is 1. The molecular formula is C26H26N2O2S. The van der Waals surface area contributed by atoms with Crippen molar-refractivity contribution in [3.8, 4) is 5.75 Å². The minimum atomic E-state index is -0.124. The van der Waals surface area contributed by atoms with E-state index in [4.69, 9.17) is 4.74 Å². The summed E-state index contributed by atoms with van der Waals surface area (Å²) in [6.45, 7) is 4.05. The molecule has 31 heavy (non-hydrogen) atoms. The van der Waals surface area contributed by atoms with Gasteiger partial charge in [-0.05, 0) is 67.5 Å². The summed E-state index contributed by atoms with van der Waals surface area (Å²) in [6, 6.07) is 20.4. The molecule has 4 nitrogen and oxygen atoms in total. The number of anilines is 2. The highest BCUT2D eigenvalue weighted by Crippen LogP contribution is 2.45. The molecule has 0 fully saturated rings. The minimum absolute atomic E-state index is 0.124. The zero-order chi connectivity index (χ0) is 21.4. The van der Waals surface area contributed by atoms with Gasteiger partial charge in [0.2, 0.25) is 0 Å². The van der Waals surface area contributed by atoms with Gasteiger partial charge in [-0.25, -0.2) is 0 Å². The van der Waals surface area contributed by atoms with Crippen LogP contribution in [0.15, 0.2) is 77.3 Å². The Kier molecular flexibility index (Phi) is 5.28. The lowest BCUT2D eigenvalue weighted by atomic mass is 9.79. The summed E-state index contributed by atoms with van der Waals surface area (Å²) in [4.78, 5) is 14.6. The largest absolute Gasteiger partial charge is 0.491 e. The van der Waals surface area contributed by atoms with Crippen molar-refractivity contribution < 1.29 is 9.53 Å². The molecule has 1 aromatic heterocycles. The molecule has 1 aliphatic heterocycles. The molecule has 2 heterocycles. The highest BCUT2D eigenvalue weighted by Gasteiger charge is 2.36. The average molecular weight is 431 g/mol. The molecule has 0 saturated heterocycles. The average Bonchev–Trinajstić information content (AvgIpc) is 3.22. The molecule has 2 atom stereocenters. The summed E-state index contributed by atoms with van der Waals surface area (Å²) in [6.07, 6.45) is 1.47. The van der Waals surface area contributed by atoms with Crippen LogP contribution < -0.4 is 15.4 Å². The Hall–Kier alpha value is -3.05. The summed E-state index contributed by atoms with van der Waals surface area (Å²) >= 11 is 1.68. The lowest BCUT2D eigenvalue weighted by Gasteiger charge is -2.29. The van der Waals surface area contributed by atoms with Gasteiger partial charge in [-0.1, -0.05) is 30.3 Å². The maximum atomic E-state index is 13.5. The first-order valence-electron chi connectivity index (χ1n) is 10.8. The molecular weight excluding hydrogens is 404 g/mol. The first-order chi connectivity index (χ1) is 15.1. The fourth-order valence-corrected chi connectivity index (χ4v) is 5.27. The van der Waals surface area contributed by atoms with Crippen molar-refractivity contribution in [2.75, 3.05) is 10.6 Å². The number of carbonyl (C=O) groups is 1. The molecule has 2 N–H and O–H groups in total. The van der Waals surface area contributed by atoms with Gasteiger partial charge in [0.05, 0.1) is 23.5 Å². The molecule has 1 aliphatic carbocycles. The van der Waals surface area contributed by atoms with E-state index in [1.807, 2.05) is 44.2 Å². The van der Waals surface area contributed by atoms with Crippen LogP contribution in [0.4, 0.5) is 11.4 Å². The van der Waals surface area contributed by atoms with Crippen LogP contribution in [-0.2, 0) is 4.79 Å². The molecule has 0 unspecified atom stereocenters. The lowest BCUT2D eigenvalue weighted by Crippen LogP contribution is -2.26. The third-order valence-corrected chi connectivity index (χ3v) is 6.80. The predicted octanol–water partition coefficient (Wildman–Crippen LogP) is 6.51. The monoisotopic (exact) mass is 430 g/mol. The van der Waals surface area contributed by atoms with E-state index in [2.05, 4.69) is 46.3 Å². The third-order valence-electron chi connectivity index (χ3n) is 5.86. The maximum absolute atomic E-state index is 13.5. The van der Waals surface area contributed by atoms with Crippen LogP contribution in [0.25, 0.3) is 0 Å². The number of para-hydroxylation sites is 2. The van der Waals surface area contributed by atoms with Gasteiger partial charge < -0.3 is 15.4 Å². The smallest absolute Gasteiger partial charge is 0.163 e. The van der Waals surface area contributed by atoms with Crippen molar-refractivity contribution in [3.63, 3.8) is 0 Å². The normalized spacial score (nSPS) is 20.4. The fraction of sp³-hybridized carbons (Fsp3) is 0.269. The number of allylic oxidation sites excluding steroid dienone is 1. The number of hydrogen-bond donors (Lipinski definition) is 2. The zero-order valence-electron chi connectivity index (χ0n) is 17.7. The number of rotatable bonds is 4. The van der Waals surface area contributed by atoms with E-state index < -0.39 is 0 Å². The highest BCUT2D eigenvalue weighted by atomic mass is 32.1. The Morgan fingerprint density at radius 3 is 2.45 bits per heavy atom. The van der Waals surface area contributed by atoms with E-state index in [9.17, 15) is 4.79 Å². The second-order valence-corrected chi connectivity index (χ2v) is 9.40. The van der Waals surface area contributed by atoms with Crippen LogP contribution in [0, 0.1) is 0 Å². The van der Waals surface area contributed by atoms with Gasteiger partial charge in [-0.2, -0.15) is 0 Å². The number of benzene rings is 2. The molecule has 0 radical (unpaired) electrons. The predicted molar refractivity (Wildman–Crippen MR) is 127 cm³/mol. The lowest BCUT2D eigenvalue weighted by molar-refractivity contribution is -0.116. The van der Waals surface area contributed by atoms with Crippen LogP contribution in [-0.4, -0.2) is 11.9 Å². The topological polar surface area (TPSA) is 50.4 Å². The van der Waals surface area contributed by atoms with Gasteiger partial charge in [-0.15, -0.1) is 11.3 Å². The quantitative estimate of drug-likeness (QED) is 0.495. The third kappa shape index (κ3) is 3.98. The van der Waals surface area contributed by atoms with Gasteiger partial charge in [-0.3, -0.25) is 4.79 Å². The van der Waals surface area contributed by atoms with Gasteiger partial charge in [0.15, 0.2) is 5.78 Å². The molecule has 158 valence electrons. The zero-order valence-corrected chi connectivity index (χ0v) is 18.5. The molecule has 0 amide bonds. The first-order valence-corrected chi connectivity index (χ1v) is 11.7. The number of Topliss-reactive ketones (excluding diaryl/α,β-unsaturated/α-hetero) is 1. The van der Waals surface area contributed by atoms with E-state index in [1.165, 1.54) is 5.56 Å². The summed E-state index contributed by atoms with van der Waals surface area (Å²) in [5.74, 6) is 1.23. The molecule has 2 aromatic carbocycles. The minimum Gasteiger partial charge on any atom is -0.491 e. The standard InChI is InChI=1S/C26H26N2O2S/c1-16(2)30-19-11-9-17(10-12-19)18-14-22-25(23(29)15-18)26(24-8-5-13-31-24)28-21-7-4-3-6-20(21)27-22/h3-13,16,18,26-28H,14-15H2,1-2H3/t18-,26-/m1/s1. The fourth-order valence-electron chi connectivity index (χ4n) is 4.49. The number of fused-ring (bicyclic) bond motifs is 1. The summed E-state index contributed by atoms with van der Waals surface area (Å²) in [5, 5.41) is 9.29. The van der Waals surface area contributed by atoms with Crippen LogP contribution in [0.5, 0.6) is 5.75 Å². The Labute approximate surface area is 187 Å². The van der Waals surface area contributed by atoms with Crippen molar-refractivity contribution in [1.82, 2.24) is 0 Å². The Morgan fingerprint density at radius 2 is 1.74 bits per heavy atom. The van der Waals surface area contributed by atoms with Crippen molar-refractivity contribution in [3.05, 3.63) is 87.8 Å². The van der Waals surface area contributed by atoms with E-state index in [0.29, 0.717) is 6.42 Å². The van der Waals surface area contributed by atoms with E-state index in [1.54, 1.807) is 11.3 Å². The Bertz CT molecular complexity index is 1120. The number of thiophene rings is 1. The molecule has 0 spiro atoms. The van der Waals surface area contributed by atoms with E-state index in [0.717, 1.165) is 39.7 Å². The molecule has 5 rings (SSSR count). The summed E-state index contributed by atoms with van der Waals surface area (Å²) in [7, 11) is 0. The van der Waals surface area contributed by atoms with Crippen molar-refractivity contribution >= 4 is 28.5 Å². The number of nitrogens with one attached hydrogen (secondary N) is 2. The SMILES string of the molecule is CC(C)Oc1ccc([C@H]2CC(=O)C3=C(C2)Nc2ccccc2N[C@@H]3c2cccs2)cc1. The van der Waals surface area contributed by atoms with Crippen LogP contribution in [0.2, 0.25) is 0 Å². The van der Waals surface area contributed by atoms with Gasteiger partial charge >= 0.3 is 0 Å². The summed E-state index contributed by atoms with van der Waals surface area (Å²) < 4.78 is 5.78. The first kappa shape index (κ1) is 19.9. The second kappa shape index (κ2) is 8.23. The second-order valence-electron chi connectivity index (χ2n) is 8.42. The van der Waals surface area contributed by atoms with Gasteiger partial charge in [0.25, 0.3) is 0 Å². The van der Waals surface area contributed by atoms with Crippen molar-refractivity contribution in [2.45, 2.75) is 44.8 Å². The highest BCUT2D eigenvalue weighted by molar-refractivity contribution is 7.10. The maximum Gasteiger partial charge on any atom is 0.163 e. The molecule has 0 saturated carbocycles. The van der Waals surface area contributed by atoms with Crippen molar-refractivity contribution in [1.29, 1.82) is 0 Å². The number of hydrogen-bond acceptors (Lipinski definition) is 5. The van der Waals surface area contributed by atoms with Crippen molar-refractivity contribution in [2.24, 2.45) is 0 Å². The van der Waals surface area contributed by atoms with E-state index in [-0.39, 0.29) is 23.8 Å². The van der Waals surface area contributed by atoms with Crippen LogP contribution in [0.3, 0.4) is 0 Å². The van der Waals surface area contributed by atoms with Gasteiger partial charge in [0, 0.05) is 22.6 Å².